The first-order valence-electron chi connectivity index (χ1n) is 13.4. The molecule has 3 aromatic rings. The van der Waals surface area contributed by atoms with E-state index in [0.717, 1.165) is 36.8 Å². The predicted octanol–water partition coefficient (Wildman–Crippen LogP) is 4.67. The van der Waals surface area contributed by atoms with Gasteiger partial charge in [0.05, 0.1) is 30.1 Å². The van der Waals surface area contributed by atoms with E-state index >= 15 is 0 Å². The number of methoxy groups -OCH3 is 1. The molecule has 0 spiro atoms. The van der Waals surface area contributed by atoms with E-state index in [9.17, 15) is 18.0 Å². The van der Waals surface area contributed by atoms with Crippen molar-refractivity contribution >= 4 is 33.0 Å². The highest BCUT2D eigenvalue weighted by atomic mass is 32.2. The molecule has 1 N–H and O–H groups in total. The van der Waals surface area contributed by atoms with Crippen molar-refractivity contribution < 1.29 is 31.7 Å². The molecule has 1 amide bonds. The van der Waals surface area contributed by atoms with Crippen LogP contribution in [0, 0.1) is 0 Å². The molecule has 1 aromatic heterocycles. The largest absolute Gasteiger partial charge is 0.493 e. The third-order valence-electron chi connectivity index (χ3n) is 7.02. The van der Waals surface area contributed by atoms with Gasteiger partial charge in [0.25, 0.3) is 5.91 Å². The summed E-state index contributed by atoms with van der Waals surface area (Å²) in [5, 5.41) is 3.57. The second-order valence-electron chi connectivity index (χ2n) is 11.4. The number of aromatic nitrogens is 1. The summed E-state index contributed by atoms with van der Waals surface area (Å²) in [6, 6.07) is 9.38. The van der Waals surface area contributed by atoms with Gasteiger partial charge in [-0.3, -0.25) is 9.69 Å². The van der Waals surface area contributed by atoms with E-state index in [4.69, 9.17) is 13.7 Å². The van der Waals surface area contributed by atoms with Crippen molar-refractivity contribution in [1.29, 1.82) is 0 Å². The highest BCUT2D eigenvalue weighted by molar-refractivity contribution is 7.86. The van der Waals surface area contributed by atoms with Crippen molar-refractivity contribution in [2.75, 3.05) is 26.5 Å². The van der Waals surface area contributed by atoms with Crippen LogP contribution in [-0.2, 0) is 27.9 Å². The minimum absolute atomic E-state index is 0.0501. The zero-order valence-electron chi connectivity index (χ0n) is 23.5. The van der Waals surface area contributed by atoms with E-state index in [0.29, 0.717) is 22.3 Å². The minimum atomic E-state index is -3.91. The van der Waals surface area contributed by atoms with Crippen molar-refractivity contribution in [2.24, 2.45) is 0 Å². The molecule has 1 saturated heterocycles. The number of nitrogens with zero attached hydrogens (tertiary/aromatic N) is 2. The zero-order valence-corrected chi connectivity index (χ0v) is 24.3. The minimum Gasteiger partial charge on any atom is -0.493 e. The number of likely N-dealkylation sites (tertiary alicyclic amines) is 1. The third kappa shape index (κ3) is 5.66. The fourth-order valence-corrected chi connectivity index (χ4v) is 5.90. The molecule has 0 aliphatic carbocycles. The first-order chi connectivity index (χ1) is 18.8. The fraction of sp³-hybridized carbons (Fsp3) is 0.448. The van der Waals surface area contributed by atoms with E-state index in [1.807, 2.05) is 18.2 Å². The van der Waals surface area contributed by atoms with Crippen LogP contribution in [0.15, 0.2) is 30.3 Å². The molecule has 0 unspecified atom stereocenters. The number of fused-ring (bicyclic) bond motifs is 2. The van der Waals surface area contributed by atoms with E-state index in [1.165, 1.54) is 37.0 Å². The summed E-state index contributed by atoms with van der Waals surface area (Å²) in [4.78, 5) is 29.1. The summed E-state index contributed by atoms with van der Waals surface area (Å²) in [7, 11) is -2.52. The van der Waals surface area contributed by atoms with Crippen LogP contribution >= 0.6 is 0 Å². The van der Waals surface area contributed by atoms with Crippen molar-refractivity contribution in [1.82, 2.24) is 14.8 Å². The highest BCUT2D eigenvalue weighted by Crippen LogP contribution is 2.44. The molecule has 2 aliphatic heterocycles. The Hall–Kier alpha value is -3.57. The fourth-order valence-electron chi connectivity index (χ4n) is 5.42. The van der Waals surface area contributed by atoms with Crippen molar-refractivity contribution in [3.8, 4) is 22.8 Å². The maximum absolute atomic E-state index is 13.6. The average Bonchev–Trinajstić information content (AvgIpc) is 3.44. The molecular weight excluding hydrogens is 534 g/mol. The first kappa shape index (κ1) is 28.0. The quantitative estimate of drug-likeness (QED) is 0.426. The molecule has 0 saturated carbocycles. The summed E-state index contributed by atoms with van der Waals surface area (Å²) in [5.41, 5.74) is 2.40. The third-order valence-corrected chi connectivity index (χ3v) is 7.49. The molecule has 2 aliphatic rings. The Morgan fingerprint density at radius 2 is 1.80 bits per heavy atom. The topological polar surface area (TPSA) is 116 Å². The lowest BCUT2D eigenvalue weighted by atomic mass is 9.98. The molecule has 40 heavy (non-hydrogen) atoms. The van der Waals surface area contributed by atoms with Gasteiger partial charge in [-0.15, -0.1) is 0 Å². The standard InChI is InChI=1S/C29H35N3O7S/c1-29(2,3)38-28(34)32-22-10-9-18(17-31-11-7-6-8-12-31)13-19(22)14-23(32)20-15-24(37-4)26(39-40(5,35)36)21-16-30-27(33)25(20)21/h9-10,13-15H,6-8,11-12,16-17H2,1-5H3,(H,30,33). The van der Waals surface area contributed by atoms with Gasteiger partial charge in [0.15, 0.2) is 11.5 Å². The number of rotatable bonds is 6. The Kier molecular flexibility index (Phi) is 7.30. The summed E-state index contributed by atoms with van der Waals surface area (Å²) in [6.45, 7) is 8.35. The van der Waals surface area contributed by atoms with Crippen LogP contribution in [0.1, 0.15) is 61.5 Å². The van der Waals surface area contributed by atoms with Gasteiger partial charge in [0, 0.05) is 29.6 Å². The molecule has 0 radical (unpaired) electrons. The molecule has 1 fully saturated rings. The Bertz CT molecular complexity index is 1600. The van der Waals surface area contributed by atoms with Gasteiger partial charge in [-0.05, 0) is 76.5 Å². The molecular formula is C29H35N3O7S. The van der Waals surface area contributed by atoms with Crippen LogP contribution in [-0.4, -0.2) is 61.9 Å². The molecule has 3 heterocycles. The number of amides is 1. The molecule has 2 aromatic carbocycles. The average molecular weight is 570 g/mol. The van der Waals surface area contributed by atoms with Crippen molar-refractivity contribution in [3.05, 3.63) is 47.0 Å². The summed E-state index contributed by atoms with van der Waals surface area (Å²) in [6.07, 6.45) is 3.97. The molecule has 0 atom stereocenters. The Labute approximate surface area is 234 Å². The second kappa shape index (κ2) is 10.4. The van der Waals surface area contributed by atoms with Crippen LogP contribution in [0.5, 0.6) is 11.5 Å². The van der Waals surface area contributed by atoms with E-state index in [2.05, 4.69) is 16.3 Å². The summed E-state index contributed by atoms with van der Waals surface area (Å²) < 4.78 is 42.0. The monoisotopic (exact) mass is 569 g/mol. The van der Waals surface area contributed by atoms with Crippen molar-refractivity contribution in [3.63, 3.8) is 0 Å². The van der Waals surface area contributed by atoms with E-state index < -0.39 is 27.7 Å². The Morgan fingerprint density at radius 3 is 2.45 bits per heavy atom. The lowest BCUT2D eigenvalue weighted by Crippen LogP contribution is -2.29. The molecule has 10 nitrogen and oxygen atoms in total. The van der Waals surface area contributed by atoms with Gasteiger partial charge in [-0.2, -0.15) is 8.42 Å². The van der Waals surface area contributed by atoms with Crippen molar-refractivity contribution in [2.45, 2.75) is 58.7 Å². The van der Waals surface area contributed by atoms with Crippen LogP contribution in [0.2, 0.25) is 0 Å². The lowest BCUT2D eigenvalue weighted by molar-refractivity contribution is 0.0546. The zero-order chi connectivity index (χ0) is 28.8. The number of piperidine rings is 1. The van der Waals surface area contributed by atoms with Gasteiger partial charge in [0.2, 0.25) is 0 Å². The lowest BCUT2D eigenvalue weighted by Gasteiger charge is -2.26. The van der Waals surface area contributed by atoms with Gasteiger partial charge >= 0.3 is 16.2 Å². The van der Waals surface area contributed by atoms with E-state index in [-0.39, 0.29) is 23.6 Å². The number of benzene rings is 2. The molecule has 0 bridgehead atoms. The number of hydrogen-bond acceptors (Lipinski definition) is 8. The van der Waals surface area contributed by atoms with Crippen LogP contribution < -0.4 is 14.2 Å². The van der Waals surface area contributed by atoms with Gasteiger partial charge in [0.1, 0.15) is 5.60 Å². The van der Waals surface area contributed by atoms with Gasteiger partial charge < -0.3 is 19.0 Å². The SMILES string of the molecule is COc1cc(-c2cc3cc(CN4CCCCC4)ccc3n2C(=O)OC(C)(C)C)c2c(c1OS(C)(=O)=O)CNC2=O. The predicted molar refractivity (Wildman–Crippen MR) is 151 cm³/mol. The molecule has 5 rings (SSSR count). The number of ether oxygens (including phenoxy) is 2. The summed E-state index contributed by atoms with van der Waals surface area (Å²) >= 11 is 0. The maximum atomic E-state index is 13.6. The molecule has 214 valence electrons. The Balaban J connectivity index is 1.71. The number of carbonyl (C=O) groups excluding carboxylic acids is 2. The van der Waals surface area contributed by atoms with E-state index in [1.54, 1.807) is 20.8 Å². The normalized spacial score (nSPS) is 16.1. The van der Waals surface area contributed by atoms with Crippen LogP contribution in [0.4, 0.5) is 4.79 Å². The smallest absolute Gasteiger partial charge is 0.419 e. The first-order valence-corrected chi connectivity index (χ1v) is 15.2. The van der Waals surface area contributed by atoms with Gasteiger partial charge in [-0.25, -0.2) is 9.36 Å². The number of hydrogen-bond donors (Lipinski definition) is 1. The Morgan fingerprint density at radius 1 is 1.07 bits per heavy atom. The second-order valence-corrected chi connectivity index (χ2v) is 12.9. The van der Waals surface area contributed by atoms with Crippen LogP contribution in [0.3, 0.4) is 0 Å². The van der Waals surface area contributed by atoms with Crippen LogP contribution in [0.25, 0.3) is 22.2 Å². The number of nitrogens with one attached hydrogen (secondary N) is 1. The maximum Gasteiger partial charge on any atom is 0.419 e. The van der Waals surface area contributed by atoms with Gasteiger partial charge in [-0.1, -0.05) is 12.5 Å². The number of carbonyl (C=O) groups is 2. The molecule has 11 heteroatoms. The summed E-state index contributed by atoms with van der Waals surface area (Å²) in [5.74, 6) is -0.328. The highest BCUT2D eigenvalue weighted by Gasteiger charge is 2.34.